The van der Waals surface area contributed by atoms with Crippen molar-refractivity contribution < 1.29 is 0 Å². The molecule has 0 aliphatic rings. The maximum atomic E-state index is 3.92. The van der Waals surface area contributed by atoms with Gasteiger partial charge in [-0.25, -0.2) is 0 Å². The van der Waals surface area contributed by atoms with Gasteiger partial charge in [0.25, 0.3) is 0 Å². The molecule has 1 unspecified atom stereocenters. The van der Waals surface area contributed by atoms with Crippen LogP contribution < -0.4 is 5.32 Å². The van der Waals surface area contributed by atoms with Gasteiger partial charge in [-0.15, -0.1) is 0 Å². The van der Waals surface area contributed by atoms with Crippen LogP contribution in [0.1, 0.15) is 24.9 Å². The number of aromatic nitrogens is 2. The highest BCUT2D eigenvalue weighted by atomic mass is 15.1. The molecule has 15 heavy (non-hydrogen) atoms. The van der Waals surface area contributed by atoms with Crippen LogP contribution in [0.4, 0.5) is 5.69 Å². The Bertz CT molecular complexity index is 381. The lowest BCUT2D eigenvalue weighted by Gasteiger charge is -2.17. The average Bonchev–Trinajstić information content (AvgIpc) is 2.80. The van der Waals surface area contributed by atoms with E-state index in [0.717, 1.165) is 12.1 Å². The predicted octanol–water partition coefficient (Wildman–Crippen LogP) is 2.97. The van der Waals surface area contributed by atoms with Crippen LogP contribution in [0.15, 0.2) is 42.7 Å². The molecule has 1 aromatic carbocycles. The highest BCUT2D eigenvalue weighted by Crippen LogP contribution is 2.21. The molecule has 2 aromatic rings. The maximum Gasteiger partial charge on any atom is 0.0728 e. The quantitative estimate of drug-likeness (QED) is 0.798. The standard InChI is InChI=1S/C12H15N3/c1-2-12(10-6-4-3-5-7-10)15-11-8-13-14-9-11/h3-9,12,15H,2H2,1H3,(H,13,14). The third-order valence-corrected chi connectivity index (χ3v) is 2.45. The Labute approximate surface area is 89.5 Å². The van der Waals surface area contributed by atoms with Crippen molar-refractivity contribution in [2.24, 2.45) is 0 Å². The monoisotopic (exact) mass is 201 g/mol. The van der Waals surface area contributed by atoms with Gasteiger partial charge < -0.3 is 5.32 Å². The van der Waals surface area contributed by atoms with Crippen molar-refractivity contribution in [1.82, 2.24) is 10.2 Å². The Morgan fingerprint density at radius 2 is 2.13 bits per heavy atom. The molecule has 0 saturated carbocycles. The minimum atomic E-state index is 0.351. The van der Waals surface area contributed by atoms with Gasteiger partial charge in [0.05, 0.1) is 17.9 Å². The SMILES string of the molecule is CCC(Nc1cn[nH]c1)c1ccccc1. The summed E-state index contributed by atoms with van der Waals surface area (Å²) >= 11 is 0. The molecule has 0 amide bonds. The third-order valence-electron chi connectivity index (χ3n) is 2.45. The van der Waals surface area contributed by atoms with Gasteiger partial charge in [0.1, 0.15) is 0 Å². The van der Waals surface area contributed by atoms with Gasteiger partial charge in [0.2, 0.25) is 0 Å². The van der Waals surface area contributed by atoms with Crippen molar-refractivity contribution in [2.45, 2.75) is 19.4 Å². The number of benzene rings is 1. The molecule has 0 bridgehead atoms. The minimum Gasteiger partial charge on any atom is -0.376 e. The number of rotatable bonds is 4. The molecule has 1 aromatic heterocycles. The molecule has 0 spiro atoms. The van der Waals surface area contributed by atoms with Gasteiger partial charge in [-0.1, -0.05) is 37.3 Å². The Morgan fingerprint density at radius 3 is 2.73 bits per heavy atom. The van der Waals surface area contributed by atoms with Gasteiger partial charge >= 0.3 is 0 Å². The van der Waals surface area contributed by atoms with Gasteiger partial charge in [0, 0.05) is 6.20 Å². The minimum absolute atomic E-state index is 0.351. The molecule has 0 radical (unpaired) electrons. The third kappa shape index (κ3) is 2.37. The van der Waals surface area contributed by atoms with E-state index in [2.05, 4.69) is 46.7 Å². The Hall–Kier alpha value is -1.77. The summed E-state index contributed by atoms with van der Waals surface area (Å²) in [6, 6.07) is 10.8. The van der Waals surface area contributed by atoms with Crippen LogP contribution in [0, 0.1) is 0 Å². The lowest BCUT2D eigenvalue weighted by atomic mass is 10.0. The fraction of sp³-hybridized carbons (Fsp3) is 0.250. The van der Waals surface area contributed by atoms with Crippen LogP contribution in [0.2, 0.25) is 0 Å². The van der Waals surface area contributed by atoms with E-state index in [1.165, 1.54) is 5.56 Å². The number of nitrogens with one attached hydrogen (secondary N) is 2. The summed E-state index contributed by atoms with van der Waals surface area (Å²) in [6.45, 7) is 2.17. The summed E-state index contributed by atoms with van der Waals surface area (Å²) < 4.78 is 0. The Kier molecular flexibility index (Phi) is 3.02. The molecule has 0 saturated heterocycles. The first-order valence-corrected chi connectivity index (χ1v) is 5.20. The van der Waals surface area contributed by atoms with Crippen molar-refractivity contribution in [3.8, 4) is 0 Å². The molecule has 0 fully saturated rings. The predicted molar refractivity (Wildman–Crippen MR) is 61.7 cm³/mol. The second-order valence-corrected chi connectivity index (χ2v) is 3.50. The maximum absolute atomic E-state index is 3.92. The topological polar surface area (TPSA) is 40.7 Å². The normalized spacial score (nSPS) is 12.3. The second kappa shape index (κ2) is 4.64. The van der Waals surface area contributed by atoms with Crippen molar-refractivity contribution in [3.05, 3.63) is 48.3 Å². The van der Waals surface area contributed by atoms with Gasteiger partial charge in [-0.2, -0.15) is 5.10 Å². The summed E-state index contributed by atoms with van der Waals surface area (Å²) in [6.07, 6.45) is 4.71. The van der Waals surface area contributed by atoms with Crippen molar-refractivity contribution >= 4 is 5.69 Å². The van der Waals surface area contributed by atoms with E-state index < -0.39 is 0 Å². The van der Waals surface area contributed by atoms with Gasteiger partial charge in [0.15, 0.2) is 0 Å². The van der Waals surface area contributed by atoms with Crippen molar-refractivity contribution in [2.75, 3.05) is 5.32 Å². The van der Waals surface area contributed by atoms with E-state index in [1.54, 1.807) is 6.20 Å². The second-order valence-electron chi connectivity index (χ2n) is 3.50. The summed E-state index contributed by atoms with van der Waals surface area (Å²) in [5.41, 5.74) is 2.34. The number of aromatic amines is 1. The van der Waals surface area contributed by atoms with Gasteiger partial charge in [-0.3, -0.25) is 5.10 Å². The zero-order valence-corrected chi connectivity index (χ0v) is 8.77. The highest BCUT2D eigenvalue weighted by Gasteiger charge is 2.08. The molecule has 0 aliphatic carbocycles. The molecule has 1 atom stereocenters. The Morgan fingerprint density at radius 1 is 1.33 bits per heavy atom. The molecule has 1 heterocycles. The Balaban J connectivity index is 2.12. The molecule has 78 valence electrons. The summed E-state index contributed by atoms with van der Waals surface area (Å²) in [7, 11) is 0. The van der Waals surface area contributed by atoms with E-state index in [1.807, 2.05) is 12.3 Å². The van der Waals surface area contributed by atoms with Crippen LogP contribution >= 0.6 is 0 Å². The number of hydrogen-bond donors (Lipinski definition) is 2. The molecular weight excluding hydrogens is 186 g/mol. The molecule has 2 rings (SSSR count). The first-order chi connectivity index (χ1) is 7.40. The van der Waals surface area contributed by atoms with Crippen LogP contribution in [0.3, 0.4) is 0 Å². The van der Waals surface area contributed by atoms with E-state index in [4.69, 9.17) is 0 Å². The van der Waals surface area contributed by atoms with Crippen LogP contribution in [0.25, 0.3) is 0 Å². The number of H-pyrrole nitrogens is 1. The zero-order chi connectivity index (χ0) is 10.5. The fourth-order valence-electron chi connectivity index (χ4n) is 1.64. The van der Waals surface area contributed by atoms with Crippen molar-refractivity contribution in [3.63, 3.8) is 0 Å². The summed E-state index contributed by atoms with van der Waals surface area (Å²) in [4.78, 5) is 0. The van der Waals surface area contributed by atoms with Gasteiger partial charge in [-0.05, 0) is 12.0 Å². The molecule has 3 heteroatoms. The molecule has 0 aliphatic heterocycles. The first kappa shape index (κ1) is 9.77. The molecule has 2 N–H and O–H groups in total. The molecular formula is C12H15N3. The van der Waals surface area contributed by atoms with Crippen LogP contribution in [-0.2, 0) is 0 Å². The van der Waals surface area contributed by atoms with Crippen LogP contribution in [0.5, 0.6) is 0 Å². The van der Waals surface area contributed by atoms with E-state index in [0.29, 0.717) is 6.04 Å². The number of hydrogen-bond acceptors (Lipinski definition) is 2. The van der Waals surface area contributed by atoms with E-state index in [-0.39, 0.29) is 0 Å². The highest BCUT2D eigenvalue weighted by molar-refractivity contribution is 5.41. The van der Waals surface area contributed by atoms with Crippen molar-refractivity contribution in [1.29, 1.82) is 0 Å². The summed E-state index contributed by atoms with van der Waals surface area (Å²) in [5.74, 6) is 0. The molecule has 3 nitrogen and oxygen atoms in total. The smallest absolute Gasteiger partial charge is 0.0728 e. The zero-order valence-electron chi connectivity index (χ0n) is 8.77. The lowest BCUT2D eigenvalue weighted by molar-refractivity contribution is 0.749. The fourth-order valence-corrected chi connectivity index (χ4v) is 1.64. The van der Waals surface area contributed by atoms with Crippen LogP contribution in [-0.4, -0.2) is 10.2 Å². The summed E-state index contributed by atoms with van der Waals surface area (Å²) in [5, 5.41) is 10.1. The van der Waals surface area contributed by atoms with E-state index in [9.17, 15) is 0 Å². The first-order valence-electron chi connectivity index (χ1n) is 5.20. The number of nitrogens with zero attached hydrogens (tertiary/aromatic N) is 1. The lowest BCUT2D eigenvalue weighted by Crippen LogP contribution is -2.08. The van der Waals surface area contributed by atoms with E-state index >= 15 is 0 Å². The number of anilines is 1. The largest absolute Gasteiger partial charge is 0.376 e. The average molecular weight is 201 g/mol.